The summed E-state index contributed by atoms with van der Waals surface area (Å²) in [6.45, 7) is 3.39. The van der Waals surface area contributed by atoms with Crippen LogP contribution in [0.4, 0.5) is 0 Å². The maximum atomic E-state index is 9.84. The molecule has 100 valence electrons. The third-order valence-corrected chi connectivity index (χ3v) is 3.07. The zero-order valence-corrected chi connectivity index (χ0v) is 11.2. The van der Waals surface area contributed by atoms with Crippen molar-refractivity contribution in [1.29, 1.82) is 0 Å². The molecule has 0 aliphatic carbocycles. The summed E-state index contributed by atoms with van der Waals surface area (Å²) in [4.78, 5) is 4.11. The van der Waals surface area contributed by atoms with Gasteiger partial charge in [-0.2, -0.15) is 0 Å². The number of hydrogen-bond acceptors (Lipinski definition) is 4. The molecular formula is C15H18N2O2. The molecule has 0 aliphatic heterocycles. The number of ether oxygens (including phenoxy) is 1. The molecule has 2 aromatic rings. The van der Waals surface area contributed by atoms with Crippen molar-refractivity contribution in [3.05, 3.63) is 53.3 Å². The molecule has 19 heavy (non-hydrogen) atoms. The van der Waals surface area contributed by atoms with Crippen molar-refractivity contribution >= 4 is 0 Å². The molecule has 1 aromatic heterocycles. The van der Waals surface area contributed by atoms with E-state index in [4.69, 9.17) is 4.74 Å². The Morgan fingerprint density at radius 2 is 2.00 bits per heavy atom. The van der Waals surface area contributed by atoms with E-state index in [2.05, 4.69) is 17.2 Å². The van der Waals surface area contributed by atoms with E-state index < -0.39 is 0 Å². The fourth-order valence-electron chi connectivity index (χ4n) is 1.83. The van der Waals surface area contributed by atoms with Gasteiger partial charge >= 0.3 is 0 Å². The zero-order chi connectivity index (χ0) is 13.7. The molecular weight excluding hydrogens is 240 g/mol. The SMILES string of the molecule is COc1ccc(CNCc2cnccc2C)c(O)c1. The van der Waals surface area contributed by atoms with Crippen molar-refractivity contribution in [2.45, 2.75) is 20.0 Å². The van der Waals surface area contributed by atoms with Crippen LogP contribution in [0, 0.1) is 6.92 Å². The van der Waals surface area contributed by atoms with E-state index in [0.29, 0.717) is 12.3 Å². The number of methoxy groups -OCH3 is 1. The Labute approximate surface area is 113 Å². The Kier molecular flexibility index (Phi) is 4.36. The predicted octanol–water partition coefficient (Wildman–Crippen LogP) is 2.39. The van der Waals surface area contributed by atoms with Gasteiger partial charge < -0.3 is 15.2 Å². The van der Waals surface area contributed by atoms with Gasteiger partial charge in [-0.05, 0) is 30.2 Å². The molecule has 0 spiro atoms. The van der Waals surface area contributed by atoms with Crippen molar-refractivity contribution in [3.8, 4) is 11.5 Å². The minimum absolute atomic E-state index is 0.245. The summed E-state index contributed by atoms with van der Waals surface area (Å²) in [7, 11) is 1.58. The van der Waals surface area contributed by atoms with Crippen LogP contribution >= 0.6 is 0 Å². The molecule has 0 bridgehead atoms. The number of benzene rings is 1. The second-order valence-corrected chi connectivity index (χ2v) is 4.40. The van der Waals surface area contributed by atoms with Crippen LogP contribution in [-0.4, -0.2) is 17.2 Å². The van der Waals surface area contributed by atoms with E-state index in [-0.39, 0.29) is 5.75 Å². The molecule has 0 fully saturated rings. The normalized spacial score (nSPS) is 10.4. The molecule has 0 saturated heterocycles. The Bertz CT molecular complexity index is 556. The lowest BCUT2D eigenvalue weighted by molar-refractivity contribution is 0.406. The number of aromatic nitrogens is 1. The molecule has 2 rings (SSSR count). The summed E-state index contributed by atoms with van der Waals surface area (Å²) in [5.41, 5.74) is 3.22. The highest BCUT2D eigenvalue weighted by Gasteiger charge is 2.03. The smallest absolute Gasteiger partial charge is 0.123 e. The van der Waals surface area contributed by atoms with Crippen LogP contribution in [-0.2, 0) is 13.1 Å². The van der Waals surface area contributed by atoms with E-state index in [0.717, 1.165) is 17.7 Å². The van der Waals surface area contributed by atoms with Crippen LogP contribution in [0.25, 0.3) is 0 Å². The van der Waals surface area contributed by atoms with Gasteiger partial charge in [-0.3, -0.25) is 4.98 Å². The van der Waals surface area contributed by atoms with Crippen molar-refractivity contribution in [2.75, 3.05) is 7.11 Å². The number of rotatable bonds is 5. The number of phenolic OH excluding ortho intramolecular Hbond substituents is 1. The number of aromatic hydroxyl groups is 1. The van der Waals surface area contributed by atoms with Crippen LogP contribution in [0.5, 0.6) is 11.5 Å². The average molecular weight is 258 g/mol. The summed E-state index contributed by atoms with van der Waals surface area (Å²) in [5, 5.41) is 13.1. The zero-order valence-electron chi connectivity index (χ0n) is 11.2. The fourth-order valence-corrected chi connectivity index (χ4v) is 1.83. The first-order chi connectivity index (χ1) is 9.20. The van der Waals surface area contributed by atoms with E-state index in [1.54, 1.807) is 19.4 Å². The lowest BCUT2D eigenvalue weighted by Gasteiger charge is -2.09. The molecule has 1 heterocycles. The highest BCUT2D eigenvalue weighted by molar-refractivity contribution is 5.39. The topological polar surface area (TPSA) is 54.4 Å². The quantitative estimate of drug-likeness (QED) is 0.864. The molecule has 4 heteroatoms. The van der Waals surface area contributed by atoms with Gasteiger partial charge in [0.15, 0.2) is 0 Å². The molecule has 0 atom stereocenters. The molecule has 2 N–H and O–H groups in total. The first-order valence-corrected chi connectivity index (χ1v) is 6.17. The van der Waals surface area contributed by atoms with Crippen LogP contribution in [0.1, 0.15) is 16.7 Å². The minimum Gasteiger partial charge on any atom is -0.507 e. The van der Waals surface area contributed by atoms with Gasteiger partial charge in [0, 0.05) is 37.1 Å². The van der Waals surface area contributed by atoms with Crippen molar-refractivity contribution < 1.29 is 9.84 Å². The largest absolute Gasteiger partial charge is 0.507 e. The van der Waals surface area contributed by atoms with E-state index >= 15 is 0 Å². The van der Waals surface area contributed by atoms with Crippen LogP contribution in [0.2, 0.25) is 0 Å². The molecule has 0 aliphatic rings. The second kappa shape index (κ2) is 6.20. The number of aryl methyl sites for hydroxylation is 1. The van der Waals surface area contributed by atoms with Gasteiger partial charge in [0.05, 0.1) is 7.11 Å². The molecule has 0 saturated carbocycles. The average Bonchev–Trinajstić information content (AvgIpc) is 2.42. The van der Waals surface area contributed by atoms with Gasteiger partial charge in [-0.15, -0.1) is 0 Å². The second-order valence-electron chi connectivity index (χ2n) is 4.40. The molecule has 1 aromatic carbocycles. The number of nitrogens with zero attached hydrogens (tertiary/aromatic N) is 1. The third kappa shape index (κ3) is 3.45. The maximum absolute atomic E-state index is 9.84. The minimum atomic E-state index is 0.245. The Balaban J connectivity index is 1.94. The Morgan fingerprint density at radius 3 is 2.68 bits per heavy atom. The number of hydrogen-bond donors (Lipinski definition) is 2. The Hall–Kier alpha value is -2.07. The molecule has 0 unspecified atom stereocenters. The fraction of sp³-hybridized carbons (Fsp3) is 0.267. The first kappa shape index (κ1) is 13.4. The van der Waals surface area contributed by atoms with Gasteiger partial charge in [0.2, 0.25) is 0 Å². The highest BCUT2D eigenvalue weighted by Crippen LogP contribution is 2.23. The summed E-state index contributed by atoms with van der Waals surface area (Å²) in [6.07, 6.45) is 3.64. The van der Waals surface area contributed by atoms with Gasteiger partial charge in [0.25, 0.3) is 0 Å². The van der Waals surface area contributed by atoms with Crippen molar-refractivity contribution in [1.82, 2.24) is 10.3 Å². The first-order valence-electron chi connectivity index (χ1n) is 6.17. The van der Waals surface area contributed by atoms with Crippen LogP contribution in [0.3, 0.4) is 0 Å². The summed E-state index contributed by atoms with van der Waals surface area (Å²) in [6, 6.07) is 7.30. The van der Waals surface area contributed by atoms with Crippen LogP contribution in [0.15, 0.2) is 36.7 Å². The van der Waals surface area contributed by atoms with E-state index in [1.807, 2.05) is 24.4 Å². The summed E-state index contributed by atoms with van der Waals surface area (Å²) >= 11 is 0. The summed E-state index contributed by atoms with van der Waals surface area (Å²) < 4.78 is 5.05. The van der Waals surface area contributed by atoms with Gasteiger partial charge in [-0.1, -0.05) is 6.07 Å². The lowest BCUT2D eigenvalue weighted by atomic mass is 10.1. The van der Waals surface area contributed by atoms with Crippen molar-refractivity contribution in [2.24, 2.45) is 0 Å². The van der Waals surface area contributed by atoms with Crippen LogP contribution < -0.4 is 10.1 Å². The Morgan fingerprint density at radius 1 is 1.21 bits per heavy atom. The highest BCUT2D eigenvalue weighted by atomic mass is 16.5. The number of pyridine rings is 1. The number of nitrogens with one attached hydrogen (secondary N) is 1. The van der Waals surface area contributed by atoms with Gasteiger partial charge in [-0.25, -0.2) is 0 Å². The standard InChI is InChI=1S/C15H18N2O2/c1-11-5-6-16-9-13(11)10-17-8-12-3-4-14(19-2)7-15(12)18/h3-7,9,17-18H,8,10H2,1-2H3. The predicted molar refractivity (Wildman–Crippen MR) is 74.2 cm³/mol. The van der Waals surface area contributed by atoms with Gasteiger partial charge in [0.1, 0.15) is 11.5 Å². The van der Waals surface area contributed by atoms with E-state index in [9.17, 15) is 5.11 Å². The number of phenols is 1. The molecule has 0 radical (unpaired) electrons. The lowest BCUT2D eigenvalue weighted by Crippen LogP contribution is -2.13. The third-order valence-electron chi connectivity index (χ3n) is 3.07. The van der Waals surface area contributed by atoms with Crippen molar-refractivity contribution in [3.63, 3.8) is 0 Å². The summed E-state index contributed by atoms with van der Waals surface area (Å²) in [5.74, 6) is 0.902. The monoisotopic (exact) mass is 258 g/mol. The molecule has 4 nitrogen and oxygen atoms in total. The molecule has 0 amide bonds. The maximum Gasteiger partial charge on any atom is 0.123 e. The van der Waals surface area contributed by atoms with E-state index in [1.165, 1.54) is 5.56 Å².